The van der Waals surface area contributed by atoms with Gasteiger partial charge in [-0.15, -0.1) is 0 Å². The monoisotopic (exact) mass is 204 g/mol. The van der Waals surface area contributed by atoms with E-state index in [4.69, 9.17) is 0 Å². The van der Waals surface area contributed by atoms with Gasteiger partial charge in [0, 0.05) is 6.42 Å². The molecule has 0 aromatic heterocycles. The molecule has 3 unspecified atom stereocenters. The van der Waals surface area contributed by atoms with E-state index in [1.807, 2.05) is 0 Å². The molecule has 0 N–H and O–H groups in total. The molecule has 0 radical (unpaired) electrons. The molecule has 1 nitrogen and oxygen atoms in total. The average molecular weight is 204 g/mol. The molecule has 0 aromatic rings. The summed E-state index contributed by atoms with van der Waals surface area (Å²) >= 11 is 0. The van der Waals surface area contributed by atoms with E-state index in [1.54, 1.807) is 0 Å². The normalized spacial score (nSPS) is 40.4. The minimum Gasteiger partial charge on any atom is -0.295 e. The summed E-state index contributed by atoms with van der Waals surface area (Å²) in [6.07, 6.45) is 12.3. The van der Waals surface area contributed by atoms with Crippen molar-refractivity contribution in [2.45, 2.75) is 51.4 Å². The van der Waals surface area contributed by atoms with Gasteiger partial charge in [-0.1, -0.05) is 18.9 Å². The predicted octanol–water partition coefficient (Wildman–Crippen LogP) is 3.49. The van der Waals surface area contributed by atoms with Gasteiger partial charge >= 0.3 is 0 Å². The lowest BCUT2D eigenvalue weighted by Gasteiger charge is -2.43. The number of ketones is 1. The second kappa shape index (κ2) is 3.77. The molecule has 1 heteroatoms. The maximum atomic E-state index is 12.0. The van der Waals surface area contributed by atoms with Crippen LogP contribution in [0, 0.1) is 17.8 Å². The molecule has 0 saturated heterocycles. The summed E-state index contributed by atoms with van der Waals surface area (Å²) in [6, 6.07) is 0. The largest absolute Gasteiger partial charge is 0.295 e. The molecule has 0 bridgehead atoms. The Hall–Kier alpha value is -0.590. The highest BCUT2D eigenvalue weighted by Gasteiger charge is 2.41. The highest BCUT2D eigenvalue weighted by atomic mass is 16.1. The second-order valence-electron chi connectivity index (χ2n) is 5.53. The molecule has 0 spiro atoms. The van der Waals surface area contributed by atoms with Crippen LogP contribution in [0.2, 0.25) is 0 Å². The zero-order valence-corrected chi connectivity index (χ0v) is 9.37. The third-order valence-corrected chi connectivity index (χ3v) is 4.74. The van der Waals surface area contributed by atoms with Gasteiger partial charge in [0.05, 0.1) is 0 Å². The van der Waals surface area contributed by atoms with Gasteiger partial charge in [0.15, 0.2) is 5.78 Å². The number of hydrogen-bond acceptors (Lipinski definition) is 1. The summed E-state index contributed by atoms with van der Waals surface area (Å²) in [5.74, 6) is 2.75. The van der Waals surface area contributed by atoms with E-state index in [2.05, 4.69) is 6.08 Å². The van der Waals surface area contributed by atoms with E-state index in [-0.39, 0.29) is 0 Å². The Morgan fingerprint density at radius 1 is 1.07 bits per heavy atom. The van der Waals surface area contributed by atoms with Gasteiger partial charge in [-0.05, 0) is 55.4 Å². The fraction of sp³-hybridized carbons (Fsp3) is 0.786. The quantitative estimate of drug-likeness (QED) is 0.590. The van der Waals surface area contributed by atoms with Crippen molar-refractivity contribution in [3.63, 3.8) is 0 Å². The second-order valence-corrected chi connectivity index (χ2v) is 5.53. The minimum atomic E-state index is 0.489. The summed E-state index contributed by atoms with van der Waals surface area (Å²) in [6.45, 7) is 0. The van der Waals surface area contributed by atoms with Crippen LogP contribution >= 0.6 is 0 Å². The Morgan fingerprint density at radius 3 is 2.87 bits per heavy atom. The van der Waals surface area contributed by atoms with E-state index < -0.39 is 0 Å². The van der Waals surface area contributed by atoms with Crippen LogP contribution in [0.25, 0.3) is 0 Å². The Labute approximate surface area is 91.9 Å². The fourth-order valence-electron chi connectivity index (χ4n) is 4.04. The Morgan fingerprint density at radius 2 is 1.93 bits per heavy atom. The lowest BCUT2D eigenvalue weighted by molar-refractivity contribution is -0.120. The SMILES string of the molecule is O=C1CC2CCCCC2C2CCCC=C12. The van der Waals surface area contributed by atoms with Gasteiger partial charge in [0.25, 0.3) is 0 Å². The van der Waals surface area contributed by atoms with Gasteiger partial charge in [-0.3, -0.25) is 4.79 Å². The van der Waals surface area contributed by atoms with E-state index in [1.165, 1.54) is 44.1 Å². The molecule has 3 aliphatic rings. The molecule has 0 aromatic carbocycles. The lowest BCUT2D eigenvalue weighted by atomic mass is 9.61. The average Bonchev–Trinajstić information content (AvgIpc) is 2.30. The summed E-state index contributed by atoms with van der Waals surface area (Å²) in [5, 5.41) is 0. The molecule has 3 rings (SSSR count). The zero-order chi connectivity index (χ0) is 10.3. The van der Waals surface area contributed by atoms with Crippen LogP contribution in [0.5, 0.6) is 0 Å². The Kier molecular flexibility index (Phi) is 2.42. The summed E-state index contributed by atoms with van der Waals surface area (Å²) in [4.78, 5) is 12.0. The molecule has 15 heavy (non-hydrogen) atoms. The molecule has 3 aliphatic carbocycles. The van der Waals surface area contributed by atoms with Crippen LogP contribution < -0.4 is 0 Å². The minimum absolute atomic E-state index is 0.489. The van der Waals surface area contributed by atoms with Crippen molar-refractivity contribution in [1.29, 1.82) is 0 Å². The molecule has 2 saturated carbocycles. The van der Waals surface area contributed by atoms with Crippen LogP contribution in [0.3, 0.4) is 0 Å². The predicted molar refractivity (Wildman–Crippen MR) is 60.5 cm³/mol. The molecule has 3 atom stereocenters. The highest BCUT2D eigenvalue weighted by Crippen LogP contribution is 2.47. The molecule has 0 heterocycles. The molecule has 0 amide bonds. The number of allylic oxidation sites excluding steroid dienone is 2. The van der Waals surface area contributed by atoms with Crippen molar-refractivity contribution in [1.82, 2.24) is 0 Å². The number of hydrogen-bond donors (Lipinski definition) is 0. The van der Waals surface area contributed by atoms with Crippen molar-refractivity contribution in [3.8, 4) is 0 Å². The lowest BCUT2D eigenvalue weighted by Crippen LogP contribution is -2.38. The van der Waals surface area contributed by atoms with Crippen LogP contribution in [-0.4, -0.2) is 5.78 Å². The molecule has 2 fully saturated rings. The van der Waals surface area contributed by atoms with Crippen molar-refractivity contribution >= 4 is 5.78 Å². The first-order valence-corrected chi connectivity index (χ1v) is 6.59. The van der Waals surface area contributed by atoms with E-state index >= 15 is 0 Å². The third kappa shape index (κ3) is 1.56. The first kappa shape index (κ1) is 9.62. The first-order chi connectivity index (χ1) is 7.36. The van der Waals surface area contributed by atoms with E-state index in [9.17, 15) is 4.79 Å². The molecule has 82 valence electrons. The maximum Gasteiger partial charge on any atom is 0.159 e. The highest BCUT2D eigenvalue weighted by molar-refractivity contribution is 5.97. The van der Waals surface area contributed by atoms with Gasteiger partial charge in [-0.2, -0.15) is 0 Å². The van der Waals surface area contributed by atoms with Crippen molar-refractivity contribution < 1.29 is 4.79 Å². The molecule has 0 aliphatic heterocycles. The Balaban J connectivity index is 1.89. The number of carbonyl (C=O) groups is 1. The van der Waals surface area contributed by atoms with Crippen LogP contribution in [0.15, 0.2) is 11.6 Å². The van der Waals surface area contributed by atoms with Crippen LogP contribution in [-0.2, 0) is 4.79 Å². The van der Waals surface area contributed by atoms with Gasteiger partial charge in [0.2, 0.25) is 0 Å². The van der Waals surface area contributed by atoms with Gasteiger partial charge in [0.1, 0.15) is 0 Å². The van der Waals surface area contributed by atoms with Gasteiger partial charge < -0.3 is 0 Å². The van der Waals surface area contributed by atoms with E-state index in [0.29, 0.717) is 11.7 Å². The standard InChI is InChI=1S/C14H20O/c15-14-9-10-5-1-2-6-11(10)12-7-3-4-8-13(12)14/h8,10-12H,1-7,9H2. The van der Waals surface area contributed by atoms with Crippen molar-refractivity contribution in [2.75, 3.05) is 0 Å². The topological polar surface area (TPSA) is 17.1 Å². The zero-order valence-electron chi connectivity index (χ0n) is 9.37. The summed E-state index contributed by atoms with van der Waals surface area (Å²) in [5.41, 5.74) is 1.23. The smallest absolute Gasteiger partial charge is 0.159 e. The number of rotatable bonds is 0. The van der Waals surface area contributed by atoms with Crippen LogP contribution in [0.1, 0.15) is 51.4 Å². The van der Waals surface area contributed by atoms with E-state index in [0.717, 1.165) is 24.7 Å². The van der Waals surface area contributed by atoms with Crippen molar-refractivity contribution in [2.24, 2.45) is 17.8 Å². The maximum absolute atomic E-state index is 12.0. The van der Waals surface area contributed by atoms with Crippen LogP contribution in [0.4, 0.5) is 0 Å². The number of carbonyl (C=O) groups excluding carboxylic acids is 1. The number of fused-ring (bicyclic) bond motifs is 3. The summed E-state index contributed by atoms with van der Waals surface area (Å²) in [7, 11) is 0. The van der Waals surface area contributed by atoms with Crippen molar-refractivity contribution in [3.05, 3.63) is 11.6 Å². The Bertz CT molecular complexity index is 302. The molecular formula is C14H20O. The molecular weight excluding hydrogens is 184 g/mol. The summed E-state index contributed by atoms with van der Waals surface area (Å²) < 4.78 is 0. The first-order valence-electron chi connectivity index (χ1n) is 6.59. The fourth-order valence-corrected chi connectivity index (χ4v) is 4.04. The van der Waals surface area contributed by atoms with Gasteiger partial charge in [-0.25, -0.2) is 0 Å². The third-order valence-electron chi connectivity index (χ3n) is 4.74. The number of Topliss-reactive ketones (excluding diaryl/α,β-unsaturated/α-hetero) is 1.